The SMILES string of the molecule is COc1ccc(S(=O)(=O)N[C@](C)(C(=O)O)C(C)S)c(C)c1. The third-order valence-corrected chi connectivity index (χ3v) is 5.54. The molecule has 0 aliphatic heterocycles. The van der Waals surface area contributed by atoms with Crippen molar-refractivity contribution in [3.8, 4) is 5.75 Å². The zero-order valence-corrected chi connectivity index (χ0v) is 14.0. The van der Waals surface area contributed by atoms with Crippen molar-refractivity contribution in [1.82, 2.24) is 4.72 Å². The second kappa shape index (κ2) is 6.25. The highest BCUT2D eigenvalue weighted by molar-refractivity contribution is 7.89. The highest BCUT2D eigenvalue weighted by Gasteiger charge is 2.41. The molecule has 118 valence electrons. The summed E-state index contributed by atoms with van der Waals surface area (Å²) in [6, 6.07) is 4.45. The third kappa shape index (κ3) is 3.69. The molecule has 21 heavy (non-hydrogen) atoms. The summed E-state index contributed by atoms with van der Waals surface area (Å²) in [5.74, 6) is -0.769. The lowest BCUT2D eigenvalue weighted by molar-refractivity contribution is -0.143. The van der Waals surface area contributed by atoms with Crippen molar-refractivity contribution in [1.29, 1.82) is 0 Å². The molecule has 6 nitrogen and oxygen atoms in total. The van der Waals surface area contributed by atoms with Crippen LogP contribution >= 0.6 is 12.6 Å². The topological polar surface area (TPSA) is 92.7 Å². The zero-order chi connectivity index (χ0) is 16.4. The van der Waals surface area contributed by atoms with E-state index in [1.807, 2.05) is 0 Å². The summed E-state index contributed by atoms with van der Waals surface area (Å²) in [5, 5.41) is 8.55. The summed E-state index contributed by atoms with van der Waals surface area (Å²) in [6.45, 7) is 4.41. The van der Waals surface area contributed by atoms with Crippen LogP contribution in [0.15, 0.2) is 23.1 Å². The zero-order valence-electron chi connectivity index (χ0n) is 12.2. The first-order valence-electron chi connectivity index (χ1n) is 6.14. The van der Waals surface area contributed by atoms with E-state index in [0.29, 0.717) is 11.3 Å². The van der Waals surface area contributed by atoms with Crippen LogP contribution in [-0.2, 0) is 14.8 Å². The number of ether oxygens (including phenoxy) is 1. The number of carboxylic acids is 1. The largest absolute Gasteiger partial charge is 0.497 e. The number of carbonyl (C=O) groups is 1. The van der Waals surface area contributed by atoms with E-state index in [4.69, 9.17) is 4.74 Å². The third-order valence-electron chi connectivity index (χ3n) is 3.30. The van der Waals surface area contributed by atoms with Gasteiger partial charge in [0.2, 0.25) is 10.0 Å². The summed E-state index contributed by atoms with van der Waals surface area (Å²) in [6.07, 6.45) is 0. The number of thiol groups is 1. The maximum absolute atomic E-state index is 12.4. The minimum absolute atomic E-state index is 0.00441. The lowest BCUT2D eigenvalue weighted by Gasteiger charge is -2.29. The van der Waals surface area contributed by atoms with Gasteiger partial charge in [0.25, 0.3) is 0 Å². The molecule has 0 aliphatic rings. The molecule has 0 saturated heterocycles. The molecular weight excluding hydrogens is 314 g/mol. The number of aliphatic carboxylic acids is 1. The first-order chi connectivity index (χ1) is 9.54. The molecule has 0 saturated carbocycles. The van der Waals surface area contributed by atoms with Crippen molar-refractivity contribution in [2.24, 2.45) is 0 Å². The van der Waals surface area contributed by atoms with E-state index >= 15 is 0 Å². The quantitative estimate of drug-likeness (QED) is 0.685. The monoisotopic (exact) mass is 333 g/mol. The van der Waals surface area contributed by atoms with Crippen molar-refractivity contribution in [2.45, 2.75) is 36.5 Å². The molecule has 0 aliphatic carbocycles. The Labute approximate surface area is 130 Å². The standard InChI is InChI=1S/C13H19NO5S2/c1-8-7-10(19-4)5-6-11(8)21(17,18)14-13(3,9(2)20)12(15)16/h5-7,9,14,20H,1-4H3,(H,15,16)/t9?,13-/m0/s1. The highest BCUT2D eigenvalue weighted by atomic mass is 32.2. The second-order valence-corrected chi connectivity index (χ2v) is 7.35. The van der Waals surface area contributed by atoms with Crippen LogP contribution in [0.2, 0.25) is 0 Å². The molecule has 0 radical (unpaired) electrons. The van der Waals surface area contributed by atoms with Crippen molar-refractivity contribution in [2.75, 3.05) is 7.11 Å². The van der Waals surface area contributed by atoms with Crippen LogP contribution < -0.4 is 9.46 Å². The molecule has 0 aromatic heterocycles. The van der Waals surface area contributed by atoms with Gasteiger partial charge in [0.1, 0.15) is 11.3 Å². The average Bonchev–Trinajstić information content (AvgIpc) is 2.36. The Hall–Kier alpha value is -1.25. The minimum Gasteiger partial charge on any atom is -0.497 e. The van der Waals surface area contributed by atoms with Crippen LogP contribution in [0.3, 0.4) is 0 Å². The van der Waals surface area contributed by atoms with Gasteiger partial charge in [-0.05, 0) is 37.6 Å². The predicted molar refractivity (Wildman–Crippen MR) is 82.5 cm³/mol. The maximum Gasteiger partial charge on any atom is 0.325 e. The van der Waals surface area contributed by atoms with Crippen LogP contribution in [0, 0.1) is 6.92 Å². The van der Waals surface area contributed by atoms with Crippen LogP contribution in [0.4, 0.5) is 0 Å². The van der Waals surface area contributed by atoms with E-state index in [1.54, 1.807) is 13.0 Å². The fraction of sp³-hybridized carbons (Fsp3) is 0.462. The fourth-order valence-electron chi connectivity index (χ4n) is 1.69. The summed E-state index contributed by atoms with van der Waals surface area (Å²) < 4.78 is 32.1. The molecule has 2 atom stereocenters. The number of rotatable bonds is 6. The fourth-order valence-corrected chi connectivity index (χ4v) is 3.62. The van der Waals surface area contributed by atoms with Gasteiger partial charge in [-0.1, -0.05) is 6.92 Å². The number of benzene rings is 1. The van der Waals surface area contributed by atoms with E-state index in [0.717, 1.165) is 0 Å². The van der Waals surface area contributed by atoms with Gasteiger partial charge in [0, 0.05) is 5.25 Å². The smallest absolute Gasteiger partial charge is 0.325 e. The molecule has 0 heterocycles. The molecule has 1 unspecified atom stereocenters. The van der Waals surface area contributed by atoms with E-state index in [9.17, 15) is 18.3 Å². The first-order valence-corrected chi connectivity index (χ1v) is 8.14. The number of methoxy groups -OCH3 is 1. The Kier molecular flexibility index (Phi) is 5.30. The number of nitrogens with one attached hydrogen (secondary N) is 1. The molecule has 0 amide bonds. The van der Waals surface area contributed by atoms with Crippen LogP contribution in [0.5, 0.6) is 5.75 Å². The van der Waals surface area contributed by atoms with Crippen molar-refractivity contribution >= 4 is 28.6 Å². The molecule has 2 N–H and O–H groups in total. The number of sulfonamides is 1. The first kappa shape index (κ1) is 17.8. The van der Waals surface area contributed by atoms with Gasteiger partial charge < -0.3 is 9.84 Å². The molecule has 0 bridgehead atoms. The van der Waals surface area contributed by atoms with E-state index in [-0.39, 0.29) is 4.90 Å². The summed E-state index contributed by atoms with van der Waals surface area (Å²) in [7, 11) is -2.52. The van der Waals surface area contributed by atoms with E-state index in [2.05, 4.69) is 17.4 Å². The van der Waals surface area contributed by atoms with Gasteiger partial charge in [0.15, 0.2) is 0 Å². The molecule has 8 heteroatoms. The Morgan fingerprint density at radius 2 is 2.05 bits per heavy atom. The number of aryl methyl sites for hydroxylation is 1. The van der Waals surface area contributed by atoms with Gasteiger partial charge in [0.05, 0.1) is 12.0 Å². The molecule has 1 aromatic rings. The van der Waals surface area contributed by atoms with E-state index in [1.165, 1.54) is 33.1 Å². The Balaban J connectivity index is 3.26. The summed E-state index contributed by atoms with van der Waals surface area (Å²) in [4.78, 5) is 11.4. The lowest BCUT2D eigenvalue weighted by atomic mass is 10.0. The van der Waals surface area contributed by atoms with Gasteiger partial charge >= 0.3 is 5.97 Å². The minimum atomic E-state index is -4.00. The second-order valence-electron chi connectivity index (χ2n) is 4.92. The lowest BCUT2D eigenvalue weighted by Crippen LogP contribution is -2.57. The summed E-state index contributed by atoms with van der Waals surface area (Å²) in [5.41, 5.74) is -1.25. The molecule has 1 aromatic carbocycles. The summed E-state index contributed by atoms with van der Waals surface area (Å²) >= 11 is 4.07. The van der Waals surface area contributed by atoms with Crippen LogP contribution in [-0.4, -0.2) is 37.4 Å². The van der Waals surface area contributed by atoms with Crippen LogP contribution in [0.25, 0.3) is 0 Å². The van der Waals surface area contributed by atoms with Gasteiger partial charge in [-0.15, -0.1) is 0 Å². The maximum atomic E-state index is 12.4. The number of hydrogen-bond donors (Lipinski definition) is 3. The normalized spacial score (nSPS) is 16.0. The Bertz CT molecular complexity index is 642. The highest BCUT2D eigenvalue weighted by Crippen LogP contribution is 2.24. The molecule has 0 fully saturated rings. The number of carboxylic acid groups (broad SMARTS) is 1. The predicted octanol–water partition coefficient (Wildman–Crippen LogP) is 1.44. The van der Waals surface area contributed by atoms with Gasteiger partial charge in [-0.25, -0.2) is 8.42 Å². The Morgan fingerprint density at radius 3 is 2.43 bits per heavy atom. The van der Waals surface area contributed by atoms with E-state index < -0.39 is 26.8 Å². The molecule has 1 rings (SSSR count). The van der Waals surface area contributed by atoms with Gasteiger partial charge in [-0.3, -0.25) is 4.79 Å². The molecular formula is C13H19NO5S2. The Morgan fingerprint density at radius 1 is 1.48 bits per heavy atom. The average molecular weight is 333 g/mol. The van der Waals surface area contributed by atoms with Crippen molar-refractivity contribution < 1.29 is 23.1 Å². The van der Waals surface area contributed by atoms with Crippen molar-refractivity contribution in [3.63, 3.8) is 0 Å². The van der Waals surface area contributed by atoms with Crippen LogP contribution in [0.1, 0.15) is 19.4 Å². The van der Waals surface area contributed by atoms with Gasteiger partial charge in [-0.2, -0.15) is 17.4 Å². The van der Waals surface area contributed by atoms with Crippen molar-refractivity contribution in [3.05, 3.63) is 23.8 Å². The molecule has 0 spiro atoms. The number of hydrogen-bond acceptors (Lipinski definition) is 5.